The van der Waals surface area contributed by atoms with E-state index in [2.05, 4.69) is 17.0 Å². The summed E-state index contributed by atoms with van der Waals surface area (Å²) in [6, 6.07) is 8.13. The molecule has 2 aliphatic heterocycles. The van der Waals surface area contributed by atoms with E-state index in [1.54, 1.807) is 4.57 Å². The van der Waals surface area contributed by atoms with Crippen LogP contribution in [0, 0.1) is 5.92 Å². The second kappa shape index (κ2) is 8.15. The van der Waals surface area contributed by atoms with Gasteiger partial charge in [-0.2, -0.15) is 0 Å². The molecule has 31 heavy (non-hydrogen) atoms. The minimum atomic E-state index is -0.582. The Hall–Kier alpha value is -2.60. The van der Waals surface area contributed by atoms with E-state index in [0.29, 0.717) is 6.42 Å². The van der Waals surface area contributed by atoms with Crippen LogP contribution >= 0.6 is 0 Å². The number of hydrogen-bond acceptors (Lipinski definition) is 5. The number of benzene rings is 1. The Morgan fingerprint density at radius 2 is 1.97 bits per heavy atom. The Morgan fingerprint density at radius 1 is 1.23 bits per heavy atom. The molecule has 0 radical (unpaired) electrons. The summed E-state index contributed by atoms with van der Waals surface area (Å²) in [7, 11) is 1.44. The van der Waals surface area contributed by atoms with Crippen molar-refractivity contribution in [2.45, 2.75) is 58.6 Å². The average Bonchev–Trinajstić information content (AvgIpc) is 3.07. The number of aromatic nitrogens is 1. The van der Waals surface area contributed by atoms with E-state index >= 15 is 0 Å². The fourth-order valence-electron chi connectivity index (χ4n) is 5.09. The molecule has 3 heterocycles. The monoisotopic (exact) mass is 424 g/mol. The first-order chi connectivity index (χ1) is 14.7. The second-order valence-electron chi connectivity index (χ2n) is 9.51. The number of ether oxygens (including phenoxy) is 2. The Labute approximate surface area is 183 Å². The lowest BCUT2D eigenvalue weighted by Crippen LogP contribution is -2.44. The summed E-state index contributed by atoms with van der Waals surface area (Å²) in [5.74, 6) is -0.0868. The standard InChI is InChI=1S/C25H32N2O4/c1-6-16-15-26-12-11-19-18-9-7-8-10-20(18)27(24(29)31-25(2,3)4)23(19)21(26)13-17(16)14-22(28)30-5/h6-10,17,21H,11-15H2,1-5H3/b16-6+/t17-,21+/m1/s1. The normalized spacial score (nSPS) is 22.8. The summed E-state index contributed by atoms with van der Waals surface area (Å²) < 4.78 is 12.5. The predicted octanol–water partition coefficient (Wildman–Crippen LogP) is 4.85. The highest BCUT2D eigenvalue weighted by atomic mass is 16.6. The number of hydrogen-bond donors (Lipinski definition) is 0. The van der Waals surface area contributed by atoms with Crippen molar-refractivity contribution in [3.8, 4) is 0 Å². The molecular formula is C25H32N2O4. The number of piperidine rings is 1. The fourth-order valence-corrected chi connectivity index (χ4v) is 5.09. The van der Waals surface area contributed by atoms with Crippen LogP contribution in [0.2, 0.25) is 0 Å². The molecule has 2 atom stereocenters. The molecule has 1 fully saturated rings. The maximum atomic E-state index is 13.3. The van der Waals surface area contributed by atoms with Crippen molar-refractivity contribution in [2.24, 2.45) is 5.92 Å². The first kappa shape index (κ1) is 21.6. The average molecular weight is 425 g/mol. The van der Waals surface area contributed by atoms with Gasteiger partial charge in [-0.25, -0.2) is 9.36 Å². The first-order valence-corrected chi connectivity index (χ1v) is 11.0. The topological polar surface area (TPSA) is 60.8 Å². The van der Waals surface area contributed by atoms with Gasteiger partial charge in [0.15, 0.2) is 0 Å². The number of methoxy groups -OCH3 is 1. The fraction of sp³-hybridized carbons (Fsp3) is 0.520. The zero-order chi connectivity index (χ0) is 22.3. The Balaban J connectivity index is 1.82. The molecule has 2 aromatic rings. The molecule has 0 bridgehead atoms. The van der Waals surface area contributed by atoms with Crippen LogP contribution in [0.15, 0.2) is 35.9 Å². The Kier molecular flexibility index (Phi) is 5.69. The van der Waals surface area contributed by atoms with Crippen molar-refractivity contribution in [3.05, 3.63) is 47.2 Å². The molecule has 2 aliphatic rings. The van der Waals surface area contributed by atoms with Gasteiger partial charge in [0.2, 0.25) is 0 Å². The molecule has 166 valence electrons. The predicted molar refractivity (Wildman–Crippen MR) is 120 cm³/mol. The minimum Gasteiger partial charge on any atom is -0.469 e. The van der Waals surface area contributed by atoms with Crippen molar-refractivity contribution in [1.82, 2.24) is 9.47 Å². The van der Waals surface area contributed by atoms with Crippen LogP contribution < -0.4 is 0 Å². The largest absolute Gasteiger partial charge is 0.469 e. The molecule has 0 unspecified atom stereocenters. The van der Waals surface area contributed by atoms with Gasteiger partial charge in [-0.15, -0.1) is 0 Å². The van der Waals surface area contributed by atoms with E-state index in [9.17, 15) is 9.59 Å². The minimum absolute atomic E-state index is 0.0574. The van der Waals surface area contributed by atoms with Crippen molar-refractivity contribution < 1.29 is 19.1 Å². The molecular weight excluding hydrogens is 392 g/mol. The number of fused-ring (bicyclic) bond motifs is 5. The van der Waals surface area contributed by atoms with Gasteiger partial charge in [-0.05, 0) is 58.1 Å². The van der Waals surface area contributed by atoms with E-state index in [4.69, 9.17) is 9.47 Å². The summed E-state index contributed by atoms with van der Waals surface area (Å²) in [6.07, 6.45) is 3.82. The molecule has 0 aliphatic carbocycles. The van der Waals surface area contributed by atoms with Gasteiger partial charge in [0.25, 0.3) is 0 Å². The van der Waals surface area contributed by atoms with Gasteiger partial charge in [0.1, 0.15) is 5.60 Å². The van der Waals surface area contributed by atoms with E-state index in [1.807, 2.05) is 45.9 Å². The lowest BCUT2D eigenvalue weighted by atomic mass is 9.80. The van der Waals surface area contributed by atoms with Gasteiger partial charge in [-0.1, -0.05) is 29.8 Å². The number of carbonyl (C=O) groups excluding carboxylic acids is 2. The molecule has 0 amide bonds. The van der Waals surface area contributed by atoms with E-state index in [-0.39, 0.29) is 24.0 Å². The number of allylic oxidation sites excluding steroid dienone is 1. The first-order valence-electron chi connectivity index (χ1n) is 11.0. The second-order valence-corrected chi connectivity index (χ2v) is 9.51. The number of esters is 1. The molecule has 6 nitrogen and oxygen atoms in total. The van der Waals surface area contributed by atoms with E-state index in [0.717, 1.165) is 42.5 Å². The van der Waals surface area contributed by atoms with Crippen LogP contribution in [0.3, 0.4) is 0 Å². The lowest BCUT2D eigenvalue weighted by molar-refractivity contribution is -0.141. The quantitative estimate of drug-likeness (QED) is 0.509. The van der Waals surface area contributed by atoms with Crippen LogP contribution in [0.4, 0.5) is 4.79 Å². The molecule has 1 saturated heterocycles. The highest BCUT2D eigenvalue weighted by Crippen LogP contribution is 2.45. The van der Waals surface area contributed by atoms with Crippen LogP contribution in [0.5, 0.6) is 0 Å². The van der Waals surface area contributed by atoms with Crippen LogP contribution in [-0.4, -0.2) is 47.3 Å². The molecule has 0 saturated carbocycles. The molecule has 0 N–H and O–H groups in total. The summed E-state index contributed by atoms with van der Waals surface area (Å²) >= 11 is 0. The summed E-state index contributed by atoms with van der Waals surface area (Å²) in [5.41, 5.74) is 3.83. The third kappa shape index (κ3) is 4.01. The lowest BCUT2D eigenvalue weighted by Gasteiger charge is -2.44. The SMILES string of the molecule is C/C=C1\CN2CCc3c(n(C(=O)OC(C)(C)C)c4ccccc34)[C@@H]2C[C@@H]1CC(=O)OC. The number of para-hydroxylation sites is 1. The van der Waals surface area contributed by atoms with Crippen LogP contribution in [-0.2, 0) is 20.7 Å². The van der Waals surface area contributed by atoms with E-state index in [1.165, 1.54) is 18.2 Å². The number of rotatable bonds is 2. The van der Waals surface area contributed by atoms with Crippen molar-refractivity contribution >= 4 is 23.0 Å². The summed E-state index contributed by atoms with van der Waals surface area (Å²) in [4.78, 5) is 27.9. The Morgan fingerprint density at radius 3 is 2.65 bits per heavy atom. The summed E-state index contributed by atoms with van der Waals surface area (Å²) in [5, 5.41) is 1.12. The third-order valence-corrected chi connectivity index (χ3v) is 6.43. The van der Waals surface area contributed by atoms with Crippen LogP contribution in [0.25, 0.3) is 10.9 Å². The highest BCUT2D eigenvalue weighted by Gasteiger charge is 2.41. The van der Waals surface area contributed by atoms with Gasteiger partial charge in [0, 0.05) is 18.5 Å². The van der Waals surface area contributed by atoms with Gasteiger partial charge < -0.3 is 9.47 Å². The van der Waals surface area contributed by atoms with Crippen molar-refractivity contribution in [2.75, 3.05) is 20.2 Å². The zero-order valence-corrected chi connectivity index (χ0v) is 19.1. The molecule has 6 heteroatoms. The van der Waals surface area contributed by atoms with E-state index < -0.39 is 5.60 Å². The molecule has 4 rings (SSSR count). The van der Waals surface area contributed by atoms with Crippen molar-refractivity contribution in [3.63, 3.8) is 0 Å². The highest BCUT2D eigenvalue weighted by molar-refractivity contribution is 5.94. The molecule has 0 spiro atoms. The molecule has 1 aromatic carbocycles. The third-order valence-electron chi connectivity index (χ3n) is 6.43. The Bertz CT molecular complexity index is 1040. The number of carbonyl (C=O) groups is 2. The van der Waals surface area contributed by atoms with Gasteiger partial charge in [-0.3, -0.25) is 9.69 Å². The summed E-state index contributed by atoms with van der Waals surface area (Å²) in [6.45, 7) is 9.44. The molecule has 1 aromatic heterocycles. The van der Waals surface area contributed by atoms with Crippen LogP contribution in [0.1, 0.15) is 57.8 Å². The maximum Gasteiger partial charge on any atom is 0.419 e. The van der Waals surface area contributed by atoms with Crippen molar-refractivity contribution in [1.29, 1.82) is 0 Å². The maximum absolute atomic E-state index is 13.3. The number of nitrogens with zero attached hydrogens (tertiary/aromatic N) is 2. The van der Waals surface area contributed by atoms with Gasteiger partial charge >= 0.3 is 12.1 Å². The smallest absolute Gasteiger partial charge is 0.419 e. The zero-order valence-electron chi connectivity index (χ0n) is 19.1. The van der Waals surface area contributed by atoms with Gasteiger partial charge in [0.05, 0.1) is 30.8 Å².